The first-order valence-corrected chi connectivity index (χ1v) is 5.41. The molecule has 0 unspecified atom stereocenters. The van der Waals surface area contributed by atoms with E-state index in [1.165, 1.54) is 6.07 Å². The van der Waals surface area contributed by atoms with Gasteiger partial charge in [0.25, 0.3) is 15.5 Å². The molecule has 0 aliphatic heterocycles. The number of aryl methyl sites for hydroxylation is 1. The fourth-order valence-electron chi connectivity index (χ4n) is 1.39. The number of nitro groups is 1. The van der Waals surface area contributed by atoms with E-state index in [9.17, 15) is 10.1 Å². The van der Waals surface area contributed by atoms with E-state index in [1.807, 2.05) is 22.6 Å². The van der Waals surface area contributed by atoms with Crippen LogP contribution in [0.2, 0.25) is 0 Å². The van der Waals surface area contributed by atoms with E-state index in [-0.39, 0.29) is 11.6 Å². The van der Waals surface area contributed by atoms with Crippen LogP contribution in [0.4, 0.5) is 5.69 Å². The van der Waals surface area contributed by atoms with Gasteiger partial charge in [0.2, 0.25) is 0 Å². The smallest absolute Gasteiger partial charge is 0.282 e. The predicted octanol–water partition coefficient (Wildman–Crippen LogP) is 2.56. The van der Waals surface area contributed by atoms with Crippen LogP contribution in [0, 0.1) is 20.9 Å². The monoisotopic (exact) mass is 331 g/mol. The van der Waals surface area contributed by atoms with Crippen molar-refractivity contribution >= 4 is 28.3 Å². The Labute approximate surface area is 104 Å². The Kier molecular flexibility index (Phi) is 2.86. The first-order valence-electron chi connectivity index (χ1n) is 4.33. The number of aromatic nitrogens is 2. The first kappa shape index (κ1) is 11.0. The van der Waals surface area contributed by atoms with E-state index < -0.39 is 4.92 Å². The Morgan fingerprint density at radius 2 is 2.19 bits per heavy atom. The maximum Gasteiger partial charge on any atom is 0.282 e. The maximum atomic E-state index is 10.9. The molecule has 0 atom stereocenters. The largest absolute Gasteiger partial charge is 0.411 e. The topological polar surface area (TPSA) is 82.1 Å². The number of nitrogens with zero attached hydrogens (tertiary/aromatic N) is 3. The molecule has 0 bridgehead atoms. The molecule has 82 valence electrons. The molecule has 0 saturated heterocycles. The maximum absolute atomic E-state index is 10.9. The van der Waals surface area contributed by atoms with Crippen LogP contribution in [0.25, 0.3) is 11.5 Å². The second kappa shape index (κ2) is 4.16. The average Bonchev–Trinajstić information content (AvgIpc) is 2.64. The highest BCUT2D eigenvalue weighted by atomic mass is 127. The van der Waals surface area contributed by atoms with Gasteiger partial charge in [-0.1, -0.05) is 12.1 Å². The summed E-state index contributed by atoms with van der Waals surface area (Å²) >= 11 is 1.86. The van der Waals surface area contributed by atoms with Crippen LogP contribution >= 0.6 is 22.6 Å². The van der Waals surface area contributed by atoms with Crippen molar-refractivity contribution in [2.45, 2.75) is 6.92 Å². The van der Waals surface area contributed by atoms with Crippen molar-refractivity contribution < 1.29 is 9.34 Å². The predicted molar refractivity (Wildman–Crippen MR) is 63.8 cm³/mol. The summed E-state index contributed by atoms with van der Waals surface area (Å²) in [5, 5.41) is 18.3. The fraction of sp³-hybridized carbons (Fsp3) is 0.111. The van der Waals surface area contributed by atoms with Gasteiger partial charge in [-0.25, -0.2) is 0 Å². The lowest BCUT2D eigenvalue weighted by Crippen LogP contribution is -1.94. The molecule has 1 aromatic heterocycles. The molecule has 0 spiro atoms. The molecule has 0 amide bonds. The highest BCUT2D eigenvalue weighted by molar-refractivity contribution is 14.1. The fourth-order valence-corrected chi connectivity index (χ4v) is 1.71. The first-order chi connectivity index (χ1) is 7.59. The van der Waals surface area contributed by atoms with Crippen LogP contribution in [0.15, 0.2) is 22.6 Å². The lowest BCUT2D eigenvalue weighted by atomic mass is 10.1. The molecule has 0 aliphatic rings. The number of rotatable bonds is 2. The van der Waals surface area contributed by atoms with Crippen LogP contribution < -0.4 is 0 Å². The van der Waals surface area contributed by atoms with Gasteiger partial charge in [0.15, 0.2) is 0 Å². The molecule has 0 fully saturated rings. The molecule has 0 aliphatic carbocycles. The van der Waals surface area contributed by atoms with Gasteiger partial charge in [-0.15, -0.1) is 10.2 Å². The summed E-state index contributed by atoms with van der Waals surface area (Å²) in [6, 6.07) is 4.80. The zero-order valence-electron chi connectivity index (χ0n) is 8.18. The normalized spacial score (nSPS) is 10.4. The van der Waals surface area contributed by atoms with Crippen molar-refractivity contribution in [3.8, 4) is 11.5 Å². The van der Waals surface area contributed by atoms with Crippen molar-refractivity contribution in [2.75, 3.05) is 0 Å². The number of hydrogen-bond acceptors (Lipinski definition) is 5. The summed E-state index contributed by atoms with van der Waals surface area (Å²) in [6.45, 7) is 1.76. The van der Waals surface area contributed by atoms with Crippen LogP contribution in [0.5, 0.6) is 0 Å². The van der Waals surface area contributed by atoms with Crippen LogP contribution in [0.3, 0.4) is 0 Å². The zero-order chi connectivity index (χ0) is 11.7. The molecule has 2 rings (SSSR count). The Morgan fingerprint density at radius 3 is 2.75 bits per heavy atom. The second-order valence-corrected chi connectivity index (χ2v) is 4.01. The minimum absolute atomic E-state index is 0.0277. The number of nitro benzene ring substituents is 1. The van der Waals surface area contributed by atoms with E-state index >= 15 is 0 Å². The van der Waals surface area contributed by atoms with Gasteiger partial charge in [0.1, 0.15) is 5.56 Å². The molecule has 0 radical (unpaired) electrons. The minimum atomic E-state index is -0.459. The number of hydrogen-bond donors (Lipinski definition) is 0. The standard InChI is InChI=1S/C9H6IN3O3/c1-5-3-2-4-6(13(14)15)7(5)8-11-12-9(10)16-8/h2-4H,1H3. The minimum Gasteiger partial charge on any atom is -0.411 e. The number of halogens is 1. The molecule has 6 nitrogen and oxygen atoms in total. The third-order valence-corrected chi connectivity index (χ3v) is 2.50. The summed E-state index contributed by atoms with van der Waals surface area (Å²) in [5.41, 5.74) is 1.08. The summed E-state index contributed by atoms with van der Waals surface area (Å²) in [6.07, 6.45) is 0. The summed E-state index contributed by atoms with van der Waals surface area (Å²) in [5.74, 6) is 0.175. The molecule has 7 heteroatoms. The molecule has 0 saturated carbocycles. The Hall–Kier alpha value is -1.51. The van der Waals surface area contributed by atoms with Gasteiger partial charge in [0, 0.05) is 28.7 Å². The lowest BCUT2D eigenvalue weighted by Gasteiger charge is -2.01. The summed E-state index contributed by atoms with van der Waals surface area (Å²) in [7, 11) is 0. The molecule has 2 aromatic rings. The summed E-state index contributed by atoms with van der Waals surface area (Å²) < 4.78 is 5.55. The van der Waals surface area contributed by atoms with Crippen molar-refractivity contribution in [1.29, 1.82) is 0 Å². The van der Waals surface area contributed by atoms with E-state index in [2.05, 4.69) is 10.2 Å². The molecule has 16 heavy (non-hydrogen) atoms. The van der Waals surface area contributed by atoms with Gasteiger partial charge < -0.3 is 4.42 Å². The highest BCUT2D eigenvalue weighted by Crippen LogP contribution is 2.31. The van der Waals surface area contributed by atoms with E-state index in [4.69, 9.17) is 4.42 Å². The SMILES string of the molecule is Cc1cccc([N+](=O)[O-])c1-c1nnc(I)o1. The molecule has 1 heterocycles. The Bertz CT molecular complexity index is 553. The van der Waals surface area contributed by atoms with Gasteiger partial charge in [-0.3, -0.25) is 10.1 Å². The Morgan fingerprint density at radius 1 is 1.44 bits per heavy atom. The zero-order valence-corrected chi connectivity index (χ0v) is 10.3. The molecular weight excluding hydrogens is 325 g/mol. The quantitative estimate of drug-likeness (QED) is 0.480. The van der Waals surface area contributed by atoms with Gasteiger partial charge in [-0.05, 0) is 12.5 Å². The molecule has 0 N–H and O–H groups in total. The van der Waals surface area contributed by atoms with Crippen molar-refractivity contribution in [3.63, 3.8) is 0 Å². The highest BCUT2D eigenvalue weighted by Gasteiger charge is 2.21. The van der Waals surface area contributed by atoms with Gasteiger partial charge >= 0.3 is 0 Å². The lowest BCUT2D eigenvalue weighted by molar-refractivity contribution is -0.384. The second-order valence-electron chi connectivity index (χ2n) is 3.09. The van der Waals surface area contributed by atoms with E-state index in [0.29, 0.717) is 9.46 Å². The third kappa shape index (κ3) is 1.90. The van der Waals surface area contributed by atoms with E-state index in [1.54, 1.807) is 19.1 Å². The van der Waals surface area contributed by atoms with Crippen LogP contribution in [0.1, 0.15) is 5.56 Å². The number of benzene rings is 1. The van der Waals surface area contributed by atoms with Gasteiger partial charge in [0.05, 0.1) is 4.92 Å². The van der Waals surface area contributed by atoms with E-state index in [0.717, 1.165) is 5.56 Å². The van der Waals surface area contributed by atoms with Crippen molar-refractivity contribution in [3.05, 3.63) is 37.8 Å². The molecule has 1 aromatic carbocycles. The van der Waals surface area contributed by atoms with Crippen LogP contribution in [-0.2, 0) is 0 Å². The Balaban J connectivity index is 2.67. The summed E-state index contributed by atoms with van der Waals surface area (Å²) in [4.78, 5) is 10.4. The third-order valence-electron chi connectivity index (χ3n) is 2.06. The van der Waals surface area contributed by atoms with Gasteiger partial charge in [-0.2, -0.15) is 0 Å². The average molecular weight is 331 g/mol. The van der Waals surface area contributed by atoms with Crippen molar-refractivity contribution in [2.24, 2.45) is 0 Å². The molecular formula is C9H6IN3O3. The van der Waals surface area contributed by atoms with Crippen molar-refractivity contribution in [1.82, 2.24) is 10.2 Å². The van der Waals surface area contributed by atoms with Crippen LogP contribution in [-0.4, -0.2) is 15.1 Å².